The SMILES string of the molecule is O=C(/C=C/c1ccc2c(c1)OCO2)NC1CCC(Oc2ncccn2)CC1. The lowest BCUT2D eigenvalue weighted by Crippen LogP contribution is -2.39. The van der Waals surface area contributed by atoms with Gasteiger partial charge in [0.1, 0.15) is 6.10 Å². The molecule has 1 N–H and O–H groups in total. The average Bonchev–Trinajstić information content (AvgIpc) is 3.17. The first-order chi connectivity index (χ1) is 13.3. The maximum Gasteiger partial charge on any atom is 0.316 e. The highest BCUT2D eigenvalue weighted by molar-refractivity contribution is 5.92. The first-order valence-electron chi connectivity index (χ1n) is 9.08. The fraction of sp³-hybridized carbons (Fsp3) is 0.350. The molecule has 1 saturated carbocycles. The van der Waals surface area contributed by atoms with E-state index in [0.717, 1.165) is 37.0 Å². The zero-order valence-corrected chi connectivity index (χ0v) is 14.8. The van der Waals surface area contributed by atoms with Crippen molar-refractivity contribution in [3.05, 3.63) is 48.3 Å². The van der Waals surface area contributed by atoms with Gasteiger partial charge in [0, 0.05) is 24.5 Å². The van der Waals surface area contributed by atoms with Crippen LogP contribution in [0.2, 0.25) is 0 Å². The predicted molar refractivity (Wildman–Crippen MR) is 98.4 cm³/mol. The number of carbonyl (C=O) groups is 1. The number of nitrogens with one attached hydrogen (secondary N) is 1. The quantitative estimate of drug-likeness (QED) is 0.818. The molecule has 7 heteroatoms. The second-order valence-corrected chi connectivity index (χ2v) is 6.58. The lowest BCUT2D eigenvalue weighted by atomic mass is 9.93. The first kappa shape index (κ1) is 17.3. The van der Waals surface area contributed by atoms with Crippen molar-refractivity contribution in [1.29, 1.82) is 0 Å². The van der Waals surface area contributed by atoms with E-state index < -0.39 is 0 Å². The Kier molecular flexibility index (Phi) is 5.18. The number of hydrogen-bond acceptors (Lipinski definition) is 6. The summed E-state index contributed by atoms with van der Waals surface area (Å²) in [6.45, 7) is 0.242. The molecule has 0 saturated heterocycles. The Morgan fingerprint density at radius 3 is 2.70 bits per heavy atom. The maximum absolute atomic E-state index is 12.2. The van der Waals surface area contributed by atoms with Gasteiger partial charge in [-0.1, -0.05) is 6.07 Å². The van der Waals surface area contributed by atoms with Crippen molar-refractivity contribution in [1.82, 2.24) is 15.3 Å². The van der Waals surface area contributed by atoms with Gasteiger partial charge >= 0.3 is 6.01 Å². The van der Waals surface area contributed by atoms with Crippen LogP contribution in [0.5, 0.6) is 17.5 Å². The number of fused-ring (bicyclic) bond motifs is 1. The van der Waals surface area contributed by atoms with Crippen molar-refractivity contribution < 1.29 is 19.0 Å². The van der Waals surface area contributed by atoms with Crippen LogP contribution in [-0.4, -0.2) is 34.8 Å². The van der Waals surface area contributed by atoms with Crippen LogP contribution in [0.15, 0.2) is 42.7 Å². The summed E-state index contributed by atoms with van der Waals surface area (Å²) < 4.78 is 16.4. The highest BCUT2D eigenvalue weighted by Crippen LogP contribution is 2.32. The molecule has 2 aliphatic rings. The number of nitrogens with zero attached hydrogens (tertiary/aromatic N) is 2. The highest BCUT2D eigenvalue weighted by Gasteiger charge is 2.23. The van der Waals surface area contributed by atoms with Gasteiger partial charge in [-0.2, -0.15) is 0 Å². The molecule has 2 aromatic rings. The summed E-state index contributed by atoms with van der Waals surface area (Å²) >= 11 is 0. The lowest BCUT2D eigenvalue weighted by Gasteiger charge is -2.28. The van der Waals surface area contributed by atoms with Crippen LogP contribution in [0.25, 0.3) is 6.08 Å². The van der Waals surface area contributed by atoms with E-state index in [4.69, 9.17) is 14.2 Å². The minimum absolute atomic E-state index is 0.0940. The molecule has 4 rings (SSSR count). The maximum atomic E-state index is 12.2. The number of rotatable bonds is 5. The predicted octanol–water partition coefficient (Wildman–Crippen LogP) is 2.72. The number of hydrogen-bond donors (Lipinski definition) is 1. The minimum Gasteiger partial charge on any atom is -0.460 e. The van der Waals surface area contributed by atoms with E-state index >= 15 is 0 Å². The lowest BCUT2D eigenvalue weighted by molar-refractivity contribution is -0.117. The normalized spacial score (nSPS) is 21.2. The fourth-order valence-electron chi connectivity index (χ4n) is 3.26. The van der Waals surface area contributed by atoms with Crippen LogP contribution < -0.4 is 19.5 Å². The number of carbonyl (C=O) groups excluding carboxylic acids is 1. The Morgan fingerprint density at radius 2 is 1.89 bits per heavy atom. The third kappa shape index (κ3) is 4.55. The number of ether oxygens (including phenoxy) is 3. The van der Waals surface area contributed by atoms with E-state index in [0.29, 0.717) is 11.8 Å². The fourth-order valence-corrected chi connectivity index (χ4v) is 3.26. The van der Waals surface area contributed by atoms with Gasteiger partial charge in [0.2, 0.25) is 12.7 Å². The topological polar surface area (TPSA) is 82.6 Å². The van der Waals surface area contributed by atoms with E-state index in [1.165, 1.54) is 0 Å². The van der Waals surface area contributed by atoms with E-state index in [9.17, 15) is 4.79 Å². The van der Waals surface area contributed by atoms with Crippen molar-refractivity contribution in [2.45, 2.75) is 37.8 Å². The molecule has 1 aliphatic carbocycles. The molecule has 0 atom stereocenters. The summed E-state index contributed by atoms with van der Waals surface area (Å²) in [7, 11) is 0. The summed E-state index contributed by atoms with van der Waals surface area (Å²) in [5.41, 5.74) is 0.898. The van der Waals surface area contributed by atoms with Gasteiger partial charge in [-0.25, -0.2) is 9.97 Å². The van der Waals surface area contributed by atoms with Crippen LogP contribution in [0.3, 0.4) is 0 Å². The molecule has 1 amide bonds. The largest absolute Gasteiger partial charge is 0.460 e. The van der Waals surface area contributed by atoms with Crippen molar-refractivity contribution in [3.8, 4) is 17.5 Å². The second-order valence-electron chi connectivity index (χ2n) is 6.58. The highest BCUT2D eigenvalue weighted by atomic mass is 16.7. The van der Waals surface area contributed by atoms with Gasteiger partial charge in [-0.15, -0.1) is 0 Å². The molecule has 1 fully saturated rings. The van der Waals surface area contributed by atoms with E-state index in [-0.39, 0.29) is 24.8 Å². The summed E-state index contributed by atoms with van der Waals surface area (Å²) in [6, 6.07) is 7.94. The van der Waals surface area contributed by atoms with Crippen LogP contribution in [0.1, 0.15) is 31.2 Å². The zero-order chi connectivity index (χ0) is 18.5. The van der Waals surface area contributed by atoms with Crippen molar-refractivity contribution in [3.63, 3.8) is 0 Å². The van der Waals surface area contributed by atoms with Crippen molar-refractivity contribution >= 4 is 12.0 Å². The molecule has 0 radical (unpaired) electrons. The van der Waals surface area contributed by atoms with Gasteiger partial charge in [-0.05, 0) is 55.5 Å². The van der Waals surface area contributed by atoms with Gasteiger partial charge in [0.05, 0.1) is 0 Å². The van der Waals surface area contributed by atoms with Gasteiger partial charge < -0.3 is 19.5 Å². The summed E-state index contributed by atoms with van der Waals surface area (Å²) in [5.74, 6) is 1.35. The molecule has 2 heterocycles. The monoisotopic (exact) mass is 367 g/mol. The second kappa shape index (κ2) is 8.07. The smallest absolute Gasteiger partial charge is 0.316 e. The van der Waals surface area contributed by atoms with Crippen molar-refractivity contribution in [2.75, 3.05) is 6.79 Å². The Labute approximate surface area is 157 Å². The average molecular weight is 367 g/mol. The third-order valence-electron chi connectivity index (χ3n) is 4.66. The molecule has 1 aromatic carbocycles. The van der Waals surface area contributed by atoms with E-state index in [2.05, 4.69) is 15.3 Å². The number of aromatic nitrogens is 2. The molecule has 27 heavy (non-hydrogen) atoms. The molecular formula is C20H21N3O4. The Balaban J connectivity index is 1.23. The molecule has 1 aromatic heterocycles. The number of benzene rings is 1. The number of amides is 1. The first-order valence-corrected chi connectivity index (χ1v) is 9.08. The molecule has 140 valence electrons. The minimum atomic E-state index is -0.0940. The van der Waals surface area contributed by atoms with Gasteiger partial charge in [0.15, 0.2) is 11.5 Å². The van der Waals surface area contributed by atoms with Crippen LogP contribution >= 0.6 is 0 Å². The zero-order valence-electron chi connectivity index (χ0n) is 14.8. The summed E-state index contributed by atoms with van der Waals surface area (Å²) in [4.78, 5) is 20.4. The molecule has 0 unspecified atom stereocenters. The summed E-state index contributed by atoms with van der Waals surface area (Å²) in [5, 5.41) is 3.06. The summed E-state index contributed by atoms with van der Waals surface area (Å²) in [6.07, 6.45) is 10.3. The van der Waals surface area contributed by atoms with Crippen LogP contribution in [0, 0.1) is 0 Å². The Hall–Kier alpha value is -3.09. The molecule has 7 nitrogen and oxygen atoms in total. The Bertz CT molecular complexity index is 817. The third-order valence-corrected chi connectivity index (χ3v) is 4.66. The van der Waals surface area contributed by atoms with E-state index in [1.54, 1.807) is 30.6 Å². The molecule has 0 bridgehead atoms. The standard InChI is InChI=1S/C20H21N3O4/c24-19(9-3-14-2-8-17-18(12-14)26-13-25-17)23-15-4-6-16(7-5-15)27-20-21-10-1-11-22-20/h1-3,8-12,15-16H,4-7,13H2,(H,23,24)/b9-3+. The van der Waals surface area contributed by atoms with Crippen molar-refractivity contribution in [2.24, 2.45) is 0 Å². The van der Waals surface area contributed by atoms with Crippen LogP contribution in [0.4, 0.5) is 0 Å². The Morgan fingerprint density at radius 1 is 1.11 bits per heavy atom. The molecule has 0 spiro atoms. The molecule has 1 aliphatic heterocycles. The molecular weight excluding hydrogens is 346 g/mol. The van der Waals surface area contributed by atoms with Gasteiger partial charge in [0.25, 0.3) is 0 Å². The van der Waals surface area contributed by atoms with E-state index in [1.807, 2.05) is 18.2 Å². The van der Waals surface area contributed by atoms with Gasteiger partial charge in [-0.3, -0.25) is 4.79 Å². The van der Waals surface area contributed by atoms with Crippen LogP contribution in [-0.2, 0) is 4.79 Å².